The smallest absolute Gasteiger partial charge is 0.160 e. The first-order valence-corrected chi connectivity index (χ1v) is 8.15. The highest BCUT2D eigenvalue weighted by Crippen LogP contribution is 2.35. The van der Waals surface area contributed by atoms with Crippen LogP contribution in [0.15, 0.2) is 28.8 Å². The van der Waals surface area contributed by atoms with Gasteiger partial charge in [0.25, 0.3) is 0 Å². The second kappa shape index (κ2) is 6.62. The number of benzene rings is 1. The molecule has 5 nitrogen and oxygen atoms in total. The summed E-state index contributed by atoms with van der Waals surface area (Å²) >= 11 is 0. The first kappa shape index (κ1) is 15.9. The summed E-state index contributed by atoms with van der Waals surface area (Å²) in [6.45, 7) is 6.03. The molecular formula is C18H24N2O3. The molecule has 1 fully saturated rings. The van der Waals surface area contributed by atoms with Crippen molar-refractivity contribution in [1.29, 1.82) is 0 Å². The molecule has 0 amide bonds. The standard InChI is InChI=1S/C18H24N2O3/c1-12(2)18-10-14(19-23-18)15-5-4-8-20(15)11-13-6-7-17(22-3)16(21)9-13/h6-7,9-10,12,15,21H,4-5,8,11H2,1-3H3/t15-/m0/s1. The average molecular weight is 316 g/mol. The van der Waals surface area contributed by atoms with Gasteiger partial charge in [0.15, 0.2) is 11.5 Å². The quantitative estimate of drug-likeness (QED) is 0.908. The highest BCUT2D eigenvalue weighted by Gasteiger charge is 2.29. The van der Waals surface area contributed by atoms with Crippen molar-refractivity contribution in [3.05, 3.63) is 41.3 Å². The summed E-state index contributed by atoms with van der Waals surface area (Å²) in [5.74, 6) is 1.98. The lowest BCUT2D eigenvalue weighted by atomic mass is 10.1. The van der Waals surface area contributed by atoms with Gasteiger partial charge in [-0.05, 0) is 37.1 Å². The number of likely N-dealkylation sites (tertiary alicyclic amines) is 1. The van der Waals surface area contributed by atoms with Crippen molar-refractivity contribution in [2.24, 2.45) is 0 Å². The molecule has 0 aliphatic carbocycles. The number of phenolic OH excluding ortho intramolecular Hbond substituents is 1. The highest BCUT2D eigenvalue weighted by atomic mass is 16.5. The fraction of sp³-hybridized carbons (Fsp3) is 0.500. The lowest BCUT2D eigenvalue weighted by molar-refractivity contribution is 0.235. The maximum Gasteiger partial charge on any atom is 0.160 e. The van der Waals surface area contributed by atoms with E-state index >= 15 is 0 Å². The predicted molar refractivity (Wildman–Crippen MR) is 87.6 cm³/mol. The number of phenols is 1. The molecule has 1 atom stereocenters. The van der Waals surface area contributed by atoms with E-state index in [4.69, 9.17) is 9.26 Å². The minimum absolute atomic E-state index is 0.185. The van der Waals surface area contributed by atoms with E-state index in [1.807, 2.05) is 12.1 Å². The normalized spacial score (nSPS) is 18.7. The average Bonchev–Trinajstić information content (AvgIpc) is 3.16. The summed E-state index contributed by atoms with van der Waals surface area (Å²) in [5.41, 5.74) is 2.09. The summed E-state index contributed by atoms with van der Waals surface area (Å²) in [6.07, 6.45) is 2.24. The zero-order valence-corrected chi connectivity index (χ0v) is 14.0. The summed E-state index contributed by atoms with van der Waals surface area (Å²) in [6, 6.07) is 7.95. The molecule has 23 heavy (non-hydrogen) atoms. The van der Waals surface area contributed by atoms with Crippen LogP contribution in [0.4, 0.5) is 0 Å². The second-order valence-corrected chi connectivity index (χ2v) is 6.44. The Kier molecular flexibility index (Phi) is 4.57. The molecule has 2 heterocycles. The Balaban J connectivity index is 1.75. The van der Waals surface area contributed by atoms with Crippen molar-refractivity contribution in [1.82, 2.24) is 10.1 Å². The van der Waals surface area contributed by atoms with Gasteiger partial charge in [0.1, 0.15) is 11.5 Å². The van der Waals surface area contributed by atoms with Gasteiger partial charge in [0, 0.05) is 18.5 Å². The van der Waals surface area contributed by atoms with Crippen LogP contribution in [0.25, 0.3) is 0 Å². The zero-order chi connectivity index (χ0) is 16.4. The van der Waals surface area contributed by atoms with Crippen molar-refractivity contribution in [3.8, 4) is 11.5 Å². The number of nitrogens with zero attached hydrogens (tertiary/aromatic N) is 2. The molecule has 0 unspecified atom stereocenters. The topological polar surface area (TPSA) is 58.7 Å². The molecular weight excluding hydrogens is 292 g/mol. The fourth-order valence-electron chi connectivity index (χ4n) is 3.15. The molecule has 2 aromatic rings. The van der Waals surface area contributed by atoms with Gasteiger partial charge in [0.05, 0.1) is 13.2 Å². The summed E-state index contributed by atoms with van der Waals surface area (Å²) < 4.78 is 10.6. The molecule has 1 aliphatic heterocycles. The summed E-state index contributed by atoms with van der Waals surface area (Å²) in [7, 11) is 1.56. The van der Waals surface area contributed by atoms with E-state index in [-0.39, 0.29) is 11.8 Å². The van der Waals surface area contributed by atoms with Crippen molar-refractivity contribution in [2.75, 3.05) is 13.7 Å². The van der Waals surface area contributed by atoms with Crippen molar-refractivity contribution in [3.63, 3.8) is 0 Å². The highest BCUT2D eigenvalue weighted by molar-refractivity contribution is 5.41. The van der Waals surface area contributed by atoms with Gasteiger partial charge < -0.3 is 14.4 Å². The largest absolute Gasteiger partial charge is 0.504 e. The molecule has 1 aromatic carbocycles. The van der Waals surface area contributed by atoms with E-state index in [1.165, 1.54) is 0 Å². The molecule has 1 saturated heterocycles. The number of ether oxygens (including phenoxy) is 1. The Labute approximate surface area is 136 Å². The van der Waals surface area contributed by atoms with Crippen LogP contribution in [0.3, 0.4) is 0 Å². The van der Waals surface area contributed by atoms with E-state index in [2.05, 4.69) is 30.0 Å². The lowest BCUT2D eigenvalue weighted by Crippen LogP contribution is -2.23. The predicted octanol–water partition coefficient (Wildman–Crippen LogP) is 3.85. The van der Waals surface area contributed by atoms with Gasteiger partial charge in [-0.1, -0.05) is 25.1 Å². The van der Waals surface area contributed by atoms with Crippen LogP contribution in [0, 0.1) is 0 Å². The number of aromatic hydroxyl groups is 1. The van der Waals surface area contributed by atoms with Crippen molar-refractivity contribution in [2.45, 2.75) is 45.2 Å². The van der Waals surface area contributed by atoms with Crippen LogP contribution < -0.4 is 4.74 Å². The molecule has 124 valence electrons. The molecule has 0 saturated carbocycles. The fourth-order valence-corrected chi connectivity index (χ4v) is 3.15. The Morgan fingerprint density at radius 2 is 2.22 bits per heavy atom. The molecule has 1 aromatic heterocycles. The van der Waals surface area contributed by atoms with Crippen LogP contribution in [-0.2, 0) is 6.54 Å². The number of hydrogen-bond acceptors (Lipinski definition) is 5. The SMILES string of the molecule is COc1ccc(CN2CCC[C@H]2c2cc(C(C)C)on2)cc1O. The van der Waals surface area contributed by atoms with Crippen LogP contribution in [0.5, 0.6) is 11.5 Å². The van der Waals surface area contributed by atoms with E-state index < -0.39 is 0 Å². The van der Waals surface area contributed by atoms with Crippen molar-refractivity contribution < 1.29 is 14.4 Å². The first-order valence-electron chi connectivity index (χ1n) is 8.15. The minimum Gasteiger partial charge on any atom is -0.504 e. The number of methoxy groups -OCH3 is 1. The molecule has 5 heteroatoms. The molecule has 3 rings (SSSR count). The second-order valence-electron chi connectivity index (χ2n) is 6.44. The third-order valence-electron chi connectivity index (χ3n) is 4.45. The van der Waals surface area contributed by atoms with Crippen LogP contribution in [-0.4, -0.2) is 28.8 Å². The molecule has 0 bridgehead atoms. The number of aromatic nitrogens is 1. The van der Waals surface area contributed by atoms with Crippen LogP contribution in [0.2, 0.25) is 0 Å². The Hall–Kier alpha value is -2.01. The van der Waals surface area contributed by atoms with E-state index in [0.717, 1.165) is 42.9 Å². The molecule has 1 aliphatic rings. The van der Waals surface area contributed by atoms with Gasteiger partial charge in [0.2, 0.25) is 0 Å². The first-order chi connectivity index (χ1) is 11.1. The lowest BCUT2D eigenvalue weighted by Gasteiger charge is -2.22. The van der Waals surface area contributed by atoms with E-state index in [1.54, 1.807) is 13.2 Å². The van der Waals surface area contributed by atoms with Gasteiger partial charge in [-0.15, -0.1) is 0 Å². The van der Waals surface area contributed by atoms with Gasteiger partial charge in [-0.2, -0.15) is 0 Å². The molecule has 1 N–H and O–H groups in total. The van der Waals surface area contributed by atoms with Gasteiger partial charge in [-0.25, -0.2) is 0 Å². The molecule has 0 spiro atoms. The maximum atomic E-state index is 9.94. The molecule has 0 radical (unpaired) electrons. The van der Waals surface area contributed by atoms with Crippen LogP contribution in [0.1, 0.15) is 55.7 Å². The van der Waals surface area contributed by atoms with E-state index in [0.29, 0.717) is 11.7 Å². The Morgan fingerprint density at radius 3 is 2.87 bits per heavy atom. The number of rotatable bonds is 5. The minimum atomic E-state index is 0.185. The van der Waals surface area contributed by atoms with Crippen molar-refractivity contribution >= 4 is 0 Å². The monoisotopic (exact) mass is 316 g/mol. The Morgan fingerprint density at radius 1 is 1.39 bits per heavy atom. The van der Waals surface area contributed by atoms with Gasteiger partial charge in [-0.3, -0.25) is 4.90 Å². The third-order valence-corrected chi connectivity index (χ3v) is 4.45. The summed E-state index contributed by atoms with van der Waals surface area (Å²) in [4.78, 5) is 2.39. The third kappa shape index (κ3) is 3.34. The van der Waals surface area contributed by atoms with E-state index in [9.17, 15) is 5.11 Å². The number of hydrogen-bond donors (Lipinski definition) is 1. The zero-order valence-electron chi connectivity index (χ0n) is 14.0. The Bertz CT molecular complexity index is 666. The van der Waals surface area contributed by atoms with Gasteiger partial charge >= 0.3 is 0 Å². The van der Waals surface area contributed by atoms with Crippen LogP contribution >= 0.6 is 0 Å². The summed E-state index contributed by atoms with van der Waals surface area (Å²) in [5, 5.41) is 14.2. The maximum absolute atomic E-state index is 9.94.